The van der Waals surface area contributed by atoms with Crippen LogP contribution in [0.5, 0.6) is 5.75 Å². The summed E-state index contributed by atoms with van der Waals surface area (Å²) in [4.78, 5) is 23.1. The normalized spacial score (nSPS) is 14.4. The Labute approximate surface area is 142 Å². The van der Waals surface area contributed by atoms with Gasteiger partial charge in [-0.15, -0.1) is 0 Å². The fourth-order valence-electron chi connectivity index (χ4n) is 3.12. The molecule has 0 bridgehead atoms. The summed E-state index contributed by atoms with van der Waals surface area (Å²) < 4.78 is 14.8. The number of methoxy groups -OCH3 is 1. The molecule has 1 saturated carbocycles. The van der Waals surface area contributed by atoms with Crippen molar-refractivity contribution in [3.63, 3.8) is 0 Å². The molecule has 0 amide bonds. The summed E-state index contributed by atoms with van der Waals surface area (Å²) in [7, 11) is 1.27. The number of carbonyl (C=O) groups excluding carboxylic acids is 2. The zero-order valence-electron chi connectivity index (χ0n) is 14.3. The smallest absolute Gasteiger partial charge is 0.466 e. The molecule has 132 valence electrons. The van der Waals surface area contributed by atoms with Crippen LogP contribution in [-0.2, 0) is 20.7 Å². The van der Waals surface area contributed by atoms with Crippen LogP contribution in [0.4, 0.5) is 10.5 Å². The van der Waals surface area contributed by atoms with Crippen molar-refractivity contribution >= 4 is 17.8 Å². The molecule has 1 fully saturated rings. The lowest BCUT2D eigenvalue weighted by Gasteiger charge is -2.18. The Bertz CT molecular complexity index is 593. The molecule has 24 heavy (non-hydrogen) atoms. The summed E-state index contributed by atoms with van der Waals surface area (Å²) in [5.41, 5.74) is 8.42. The highest BCUT2D eigenvalue weighted by Crippen LogP contribution is 2.41. The van der Waals surface area contributed by atoms with E-state index in [-0.39, 0.29) is 12.4 Å². The molecule has 1 aromatic carbocycles. The van der Waals surface area contributed by atoms with E-state index in [4.69, 9.17) is 15.2 Å². The number of carbonyl (C=O) groups is 2. The Balaban J connectivity index is 2.24. The zero-order chi connectivity index (χ0) is 17.5. The molecule has 6 nitrogen and oxygen atoms in total. The monoisotopic (exact) mass is 335 g/mol. The third-order valence-corrected chi connectivity index (χ3v) is 4.33. The second-order valence-corrected chi connectivity index (χ2v) is 5.93. The number of hydrogen-bond donors (Lipinski definition) is 1. The molecule has 0 heterocycles. The van der Waals surface area contributed by atoms with Crippen molar-refractivity contribution in [1.82, 2.24) is 0 Å². The van der Waals surface area contributed by atoms with Gasteiger partial charge in [-0.25, -0.2) is 4.79 Å². The van der Waals surface area contributed by atoms with Gasteiger partial charge in [0.15, 0.2) is 0 Å². The number of esters is 1. The van der Waals surface area contributed by atoms with E-state index < -0.39 is 6.16 Å². The molecule has 0 aliphatic heterocycles. The van der Waals surface area contributed by atoms with Crippen molar-refractivity contribution in [3.05, 3.63) is 23.3 Å². The maximum atomic E-state index is 11.6. The summed E-state index contributed by atoms with van der Waals surface area (Å²) in [6.45, 7) is 2.15. The van der Waals surface area contributed by atoms with Gasteiger partial charge in [0, 0.05) is 18.2 Å². The van der Waals surface area contributed by atoms with E-state index >= 15 is 0 Å². The highest BCUT2D eigenvalue weighted by atomic mass is 16.7. The van der Waals surface area contributed by atoms with Gasteiger partial charge in [-0.2, -0.15) is 0 Å². The van der Waals surface area contributed by atoms with Crippen molar-refractivity contribution < 1.29 is 23.8 Å². The molecule has 0 atom stereocenters. The molecule has 0 saturated heterocycles. The van der Waals surface area contributed by atoms with E-state index in [1.54, 1.807) is 13.0 Å². The quantitative estimate of drug-likeness (QED) is 0.486. The number of nitrogen functional groups attached to an aromatic ring is 1. The van der Waals surface area contributed by atoms with E-state index in [0.29, 0.717) is 30.4 Å². The molecule has 2 rings (SSSR count). The van der Waals surface area contributed by atoms with E-state index in [0.717, 1.165) is 36.8 Å². The minimum absolute atomic E-state index is 0.241. The molecule has 6 heteroatoms. The SMILES string of the molecule is CCOC(=O)CCc1cc(C2CCCC2)c(OC(=O)OC)cc1N. The van der Waals surface area contributed by atoms with Crippen LogP contribution in [0.15, 0.2) is 12.1 Å². The minimum Gasteiger partial charge on any atom is -0.466 e. The molecular formula is C18H25NO5. The van der Waals surface area contributed by atoms with E-state index in [2.05, 4.69) is 4.74 Å². The first-order valence-corrected chi connectivity index (χ1v) is 8.38. The van der Waals surface area contributed by atoms with Gasteiger partial charge in [-0.3, -0.25) is 4.79 Å². The van der Waals surface area contributed by atoms with Crippen molar-refractivity contribution in [1.29, 1.82) is 0 Å². The van der Waals surface area contributed by atoms with Gasteiger partial charge in [0.25, 0.3) is 0 Å². The van der Waals surface area contributed by atoms with Gasteiger partial charge in [0.2, 0.25) is 0 Å². The van der Waals surface area contributed by atoms with Gasteiger partial charge in [0.05, 0.1) is 13.7 Å². The standard InChI is InChI=1S/C18H25NO5/c1-3-23-17(20)9-8-13-10-14(12-6-4-5-7-12)16(11-15(13)19)24-18(21)22-2/h10-12H,3-9,19H2,1-2H3. The van der Waals surface area contributed by atoms with Gasteiger partial charge in [-0.1, -0.05) is 12.8 Å². The Morgan fingerprint density at radius 3 is 2.58 bits per heavy atom. The largest absolute Gasteiger partial charge is 0.513 e. The van der Waals surface area contributed by atoms with E-state index in [1.165, 1.54) is 7.11 Å². The molecular weight excluding hydrogens is 310 g/mol. The van der Waals surface area contributed by atoms with Crippen molar-refractivity contribution in [3.8, 4) is 5.75 Å². The maximum Gasteiger partial charge on any atom is 0.513 e. The highest BCUT2D eigenvalue weighted by molar-refractivity contribution is 5.71. The molecule has 1 aromatic rings. The second kappa shape index (κ2) is 8.57. The van der Waals surface area contributed by atoms with E-state index in [1.807, 2.05) is 6.07 Å². The minimum atomic E-state index is -0.757. The van der Waals surface area contributed by atoms with Crippen LogP contribution in [0.1, 0.15) is 56.1 Å². The number of ether oxygens (including phenoxy) is 3. The third-order valence-electron chi connectivity index (χ3n) is 4.33. The predicted molar refractivity (Wildman–Crippen MR) is 90.1 cm³/mol. The molecule has 0 spiro atoms. The lowest BCUT2D eigenvalue weighted by molar-refractivity contribution is -0.143. The summed E-state index contributed by atoms with van der Waals surface area (Å²) >= 11 is 0. The topological polar surface area (TPSA) is 87.8 Å². The van der Waals surface area contributed by atoms with Gasteiger partial charge in [0.1, 0.15) is 5.75 Å². The summed E-state index contributed by atoms with van der Waals surface area (Å²) in [6, 6.07) is 3.62. The summed E-state index contributed by atoms with van der Waals surface area (Å²) in [6.07, 6.45) is 4.45. The van der Waals surface area contributed by atoms with Crippen LogP contribution in [0, 0.1) is 0 Å². The Morgan fingerprint density at radius 2 is 1.96 bits per heavy atom. The second-order valence-electron chi connectivity index (χ2n) is 5.93. The number of anilines is 1. The highest BCUT2D eigenvalue weighted by Gasteiger charge is 2.23. The number of hydrogen-bond acceptors (Lipinski definition) is 6. The van der Waals surface area contributed by atoms with Gasteiger partial charge < -0.3 is 19.9 Å². The third kappa shape index (κ3) is 4.63. The number of rotatable bonds is 6. The molecule has 0 radical (unpaired) electrons. The zero-order valence-corrected chi connectivity index (χ0v) is 14.3. The lowest BCUT2D eigenvalue weighted by Crippen LogP contribution is -2.12. The number of nitrogens with two attached hydrogens (primary N) is 1. The molecule has 2 N–H and O–H groups in total. The van der Waals surface area contributed by atoms with Crippen LogP contribution in [0.3, 0.4) is 0 Å². The number of aryl methyl sites for hydroxylation is 1. The van der Waals surface area contributed by atoms with Crippen LogP contribution >= 0.6 is 0 Å². The fourth-order valence-corrected chi connectivity index (χ4v) is 3.12. The van der Waals surface area contributed by atoms with Crippen molar-refractivity contribution in [2.75, 3.05) is 19.5 Å². The predicted octanol–water partition coefficient (Wildman–Crippen LogP) is 3.57. The lowest BCUT2D eigenvalue weighted by atomic mass is 9.93. The van der Waals surface area contributed by atoms with Gasteiger partial charge in [-0.05, 0) is 49.3 Å². The average Bonchev–Trinajstić information content (AvgIpc) is 3.08. The molecule has 1 aliphatic rings. The first-order valence-electron chi connectivity index (χ1n) is 8.38. The van der Waals surface area contributed by atoms with Crippen LogP contribution < -0.4 is 10.5 Å². The Kier molecular flexibility index (Phi) is 6.46. The Morgan fingerprint density at radius 1 is 1.25 bits per heavy atom. The van der Waals surface area contributed by atoms with Crippen LogP contribution in [0.25, 0.3) is 0 Å². The first kappa shape index (κ1) is 18.1. The average molecular weight is 335 g/mol. The maximum absolute atomic E-state index is 11.6. The van der Waals surface area contributed by atoms with Crippen molar-refractivity contribution in [2.45, 2.75) is 51.4 Å². The van der Waals surface area contributed by atoms with Crippen molar-refractivity contribution in [2.24, 2.45) is 0 Å². The number of benzene rings is 1. The Hall–Kier alpha value is -2.24. The van der Waals surface area contributed by atoms with Crippen LogP contribution in [-0.4, -0.2) is 25.8 Å². The summed E-state index contributed by atoms with van der Waals surface area (Å²) in [5, 5.41) is 0. The molecule has 1 aliphatic carbocycles. The van der Waals surface area contributed by atoms with Gasteiger partial charge >= 0.3 is 12.1 Å². The molecule has 0 unspecified atom stereocenters. The first-order chi connectivity index (χ1) is 11.5. The summed E-state index contributed by atoms with van der Waals surface area (Å²) in [5.74, 6) is 0.548. The van der Waals surface area contributed by atoms with E-state index in [9.17, 15) is 9.59 Å². The molecule has 0 aromatic heterocycles. The van der Waals surface area contributed by atoms with Crippen LogP contribution in [0.2, 0.25) is 0 Å². The fraction of sp³-hybridized carbons (Fsp3) is 0.556.